The summed E-state index contributed by atoms with van der Waals surface area (Å²) in [5, 5.41) is 0.832. The molecule has 0 aliphatic carbocycles. The zero-order valence-electron chi connectivity index (χ0n) is 9.95. The van der Waals surface area contributed by atoms with Crippen LogP contribution in [0.5, 0.6) is 0 Å². The summed E-state index contributed by atoms with van der Waals surface area (Å²) in [6.07, 6.45) is 0. The first kappa shape index (κ1) is 12.2. The molecule has 0 saturated carbocycles. The molecular formula is C14H12NO3P. The molecule has 96 valence electrons. The number of aromatic amines is 1. The van der Waals surface area contributed by atoms with E-state index in [1.165, 1.54) is 12.1 Å². The van der Waals surface area contributed by atoms with E-state index in [1.807, 2.05) is 36.4 Å². The fourth-order valence-electron chi connectivity index (χ4n) is 2.07. The number of benzene rings is 2. The smallest absolute Gasteiger partial charge is 0.355 e. The van der Waals surface area contributed by atoms with E-state index in [2.05, 4.69) is 4.98 Å². The number of aromatic nitrogens is 1. The maximum Gasteiger partial charge on any atom is 0.356 e. The summed E-state index contributed by atoms with van der Waals surface area (Å²) in [6, 6.07) is 16.4. The Hall–Kier alpha value is -1.87. The molecule has 0 unspecified atom stereocenters. The lowest BCUT2D eigenvalue weighted by Gasteiger charge is -2.02. The Morgan fingerprint density at radius 3 is 2.37 bits per heavy atom. The van der Waals surface area contributed by atoms with Crippen LogP contribution in [0.4, 0.5) is 0 Å². The molecule has 0 bridgehead atoms. The van der Waals surface area contributed by atoms with Gasteiger partial charge in [-0.15, -0.1) is 0 Å². The molecule has 4 nitrogen and oxygen atoms in total. The van der Waals surface area contributed by atoms with Crippen LogP contribution >= 0.6 is 7.60 Å². The first-order valence-electron chi connectivity index (χ1n) is 5.78. The molecule has 0 aliphatic rings. The van der Waals surface area contributed by atoms with Crippen LogP contribution in [0.15, 0.2) is 54.6 Å². The van der Waals surface area contributed by atoms with Gasteiger partial charge in [0, 0.05) is 16.6 Å². The molecule has 2 aromatic carbocycles. The molecule has 0 saturated heterocycles. The lowest BCUT2D eigenvalue weighted by atomic mass is 10.1. The molecule has 0 radical (unpaired) electrons. The van der Waals surface area contributed by atoms with Crippen LogP contribution in [0.2, 0.25) is 0 Å². The van der Waals surface area contributed by atoms with E-state index in [0.29, 0.717) is 0 Å². The molecule has 1 aromatic heterocycles. The Balaban J connectivity index is 2.14. The monoisotopic (exact) mass is 273 g/mol. The van der Waals surface area contributed by atoms with Crippen LogP contribution in [0.25, 0.3) is 22.2 Å². The molecule has 5 heteroatoms. The molecule has 0 atom stereocenters. The summed E-state index contributed by atoms with van der Waals surface area (Å²) in [5.74, 6) is 0. The maximum absolute atomic E-state index is 11.2. The highest BCUT2D eigenvalue weighted by atomic mass is 31.2. The van der Waals surface area contributed by atoms with Crippen LogP contribution in [0.3, 0.4) is 0 Å². The summed E-state index contributed by atoms with van der Waals surface area (Å²) < 4.78 is 11.2. The van der Waals surface area contributed by atoms with Crippen molar-refractivity contribution in [1.82, 2.24) is 4.98 Å². The van der Waals surface area contributed by atoms with Crippen molar-refractivity contribution in [2.24, 2.45) is 0 Å². The number of hydrogen-bond acceptors (Lipinski definition) is 1. The molecular weight excluding hydrogens is 261 g/mol. The van der Waals surface area contributed by atoms with E-state index in [4.69, 9.17) is 0 Å². The van der Waals surface area contributed by atoms with Crippen molar-refractivity contribution < 1.29 is 14.4 Å². The Morgan fingerprint density at radius 1 is 0.947 bits per heavy atom. The van der Waals surface area contributed by atoms with Gasteiger partial charge in [-0.3, -0.25) is 4.57 Å². The number of H-pyrrole nitrogens is 1. The lowest BCUT2D eigenvalue weighted by Crippen LogP contribution is -2.02. The SMILES string of the molecule is O=P(O)(O)c1ccc2[nH]c(-c3ccccc3)cc2c1. The summed E-state index contributed by atoms with van der Waals surface area (Å²) in [7, 11) is -4.20. The minimum atomic E-state index is -4.20. The van der Waals surface area contributed by atoms with Crippen LogP contribution in [-0.4, -0.2) is 14.8 Å². The van der Waals surface area contributed by atoms with Gasteiger partial charge in [0.15, 0.2) is 0 Å². The second-order valence-electron chi connectivity index (χ2n) is 4.36. The molecule has 0 spiro atoms. The van der Waals surface area contributed by atoms with E-state index in [0.717, 1.165) is 22.2 Å². The van der Waals surface area contributed by atoms with Crippen molar-refractivity contribution in [3.8, 4) is 11.3 Å². The number of fused-ring (bicyclic) bond motifs is 1. The van der Waals surface area contributed by atoms with Crippen molar-refractivity contribution >= 4 is 23.8 Å². The lowest BCUT2D eigenvalue weighted by molar-refractivity contribution is 0.387. The van der Waals surface area contributed by atoms with Crippen LogP contribution in [0, 0.1) is 0 Å². The Bertz CT molecular complexity index is 774. The standard InChI is InChI=1S/C14H12NO3P/c16-19(17,18)12-6-7-13-11(8-12)9-14(15-13)10-4-2-1-3-5-10/h1-9,15H,(H2,16,17,18). The molecule has 3 rings (SSSR count). The summed E-state index contributed by atoms with van der Waals surface area (Å²) in [5.41, 5.74) is 2.82. The largest absolute Gasteiger partial charge is 0.356 e. The Morgan fingerprint density at radius 2 is 1.68 bits per heavy atom. The second-order valence-corrected chi connectivity index (χ2v) is 5.97. The van der Waals surface area contributed by atoms with Gasteiger partial charge in [0.1, 0.15) is 0 Å². The van der Waals surface area contributed by atoms with E-state index < -0.39 is 7.60 Å². The molecule has 0 fully saturated rings. The average Bonchev–Trinajstić information content (AvgIpc) is 2.81. The molecule has 0 amide bonds. The molecule has 19 heavy (non-hydrogen) atoms. The highest BCUT2D eigenvalue weighted by molar-refractivity contribution is 7.60. The number of hydrogen-bond donors (Lipinski definition) is 3. The van der Waals surface area contributed by atoms with Crippen LogP contribution < -0.4 is 5.30 Å². The van der Waals surface area contributed by atoms with Crippen molar-refractivity contribution in [2.75, 3.05) is 0 Å². The topological polar surface area (TPSA) is 73.3 Å². The van der Waals surface area contributed by atoms with E-state index in [-0.39, 0.29) is 5.30 Å². The third kappa shape index (κ3) is 2.34. The van der Waals surface area contributed by atoms with Crippen LogP contribution in [0.1, 0.15) is 0 Å². The average molecular weight is 273 g/mol. The maximum atomic E-state index is 11.2. The molecule has 3 N–H and O–H groups in total. The van der Waals surface area contributed by atoms with Gasteiger partial charge >= 0.3 is 7.60 Å². The van der Waals surface area contributed by atoms with Crippen molar-refractivity contribution in [1.29, 1.82) is 0 Å². The van der Waals surface area contributed by atoms with Crippen molar-refractivity contribution in [3.05, 3.63) is 54.6 Å². The van der Waals surface area contributed by atoms with E-state index in [1.54, 1.807) is 6.07 Å². The van der Waals surface area contributed by atoms with E-state index in [9.17, 15) is 14.4 Å². The van der Waals surface area contributed by atoms with Crippen LogP contribution in [-0.2, 0) is 4.57 Å². The molecule has 1 heterocycles. The summed E-state index contributed by atoms with van der Waals surface area (Å²) >= 11 is 0. The molecule has 3 aromatic rings. The Kier molecular flexibility index (Phi) is 2.79. The fourth-order valence-corrected chi connectivity index (χ4v) is 2.65. The van der Waals surface area contributed by atoms with Gasteiger partial charge in [0.05, 0.1) is 5.30 Å². The minimum Gasteiger partial charge on any atom is -0.355 e. The predicted octanol–water partition coefficient (Wildman–Crippen LogP) is 2.64. The fraction of sp³-hybridized carbons (Fsp3) is 0. The highest BCUT2D eigenvalue weighted by Gasteiger charge is 2.17. The number of nitrogens with one attached hydrogen (secondary N) is 1. The van der Waals surface area contributed by atoms with E-state index >= 15 is 0 Å². The third-order valence-corrected chi connectivity index (χ3v) is 3.98. The second kappa shape index (κ2) is 4.35. The quantitative estimate of drug-likeness (QED) is 0.628. The first-order valence-corrected chi connectivity index (χ1v) is 7.39. The summed E-state index contributed by atoms with van der Waals surface area (Å²) in [4.78, 5) is 21.6. The van der Waals surface area contributed by atoms with Gasteiger partial charge in [-0.05, 0) is 29.8 Å². The Labute approximate surface area is 109 Å². The van der Waals surface area contributed by atoms with Gasteiger partial charge in [-0.25, -0.2) is 0 Å². The normalized spacial score (nSPS) is 11.9. The highest BCUT2D eigenvalue weighted by Crippen LogP contribution is 2.34. The minimum absolute atomic E-state index is 0.0404. The summed E-state index contributed by atoms with van der Waals surface area (Å²) in [6.45, 7) is 0. The molecule has 0 aliphatic heterocycles. The van der Waals surface area contributed by atoms with Crippen molar-refractivity contribution in [2.45, 2.75) is 0 Å². The van der Waals surface area contributed by atoms with Gasteiger partial charge in [0.2, 0.25) is 0 Å². The van der Waals surface area contributed by atoms with Crippen molar-refractivity contribution in [3.63, 3.8) is 0 Å². The zero-order valence-corrected chi connectivity index (χ0v) is 10.8. The van der Waals surface area contributed by atoms with Gasteiger partial charge in [-0.1, -0.05) is 30.3 Å². The van der Waals surface area contributed by atoms with Gasteiger partial charge < -0.3 is 14.8 Å². The zero-order chi connectivity index (χ0) is 13.5. The van der Waals surface area contributed by atoms with Gasteiger partial charge in [0.25, 0.3) is 0 Å². The first-order chi connectivity index (χ1) is 9.04. The third-order valence-electron chi connectivity index (χ3n) is 3.03. The van der Waals surface area contributed by atoms with Gasteiger partial charge in [-0.2, -0.15) is 0 Å². The predicted molar refractivity (Wildman–Crippen MR) is 75.4 cm³/mol. The number of rotatable bonds is 2.